The summed E-state index contributed by atoms with van der Waals surface area (Å²) in [7, 11) is 0. The molecule has 1 aliphatic rings. The fourth-order valence-electron chi connectivity index (χ4n) is 2.78. The molecule has 0 aromatic carbocycles. The second-order valence-electron chi connectivity index (χ2n) is 5.95. The summed E-state index contributed by atoms with van der Waals surface area (Å²) in [5.41, 5.74) is 1.60. The molecule has 24 heavy (non-hydrogen) atoms. The average molecular weight is 365 g/mol. The number of ether oxygens (including phenoxy) is 1. The molecular formula is C15H17ClN6OS. The molecule has 9 heteroatoms. The van der Waals surface area contributed by atoms with E-state index >= 15 is 0 Å². The summed E-state index contributed by atoms with van der Waals surface area (Å²) >= 11 is 7.64. The minimum Gasteiger partial charge on any atom is -0.472 e. The molecule has 0 bridgehead atoms. The lowest BCUT2D eigenvalue weighted by Crippen LogP contribution is -2.21. The van der Waals surface area contributed by atoms with E-state index in [-0.39, 0.29) is 6.10 Å². The molecule has 0 spiro atoms. The molecular weight excluding hydrogens is 348 g/mol. The van der Waals surface area contributed by atoms with Crippen LogP contribution >= 0.6 is 23.1 Å². The van der Waals surface area contributed by atoms with Gasteiger partial charge in [-0.1, -0.05) is 11.6 Å². The number of rotatable bonds is 4. The van der Waals surface area contributed by atoms with Crippen molar-refractivity contribution in [2.24, 2.45) is 0 Å². The number of nitrogens with zero attached hydrogens (tertiary/aromatic N) is 3. The molecule has 3 aromatic heterocycles. The minimum absolute atomic E-state index is 0.0718. The number of aromatic nitrogens is 4. The van der Waals surface area contributed by atoms with E-state index < -0.39 is 0 Å². The fraction of sp³-hybridized carbons (Fsp3) is 0.400. The smallest absolute Gasteiger partial charge is 0.233 e. The number of fused-ring (bicyclic) bond motifs is 1. The maximum Gasteiger partial charge on any atom is 0.233 e. The van der Waals surface area contributed by atoms with Crippen LogP contribution in [-0.2, 0) is 0 Å². The Bertz CT molecular complexity index is 878. The van der Waals surface area contributed by atoms with E-state index in [1.165, 1.54) is 11.5 Å². The van der Waals surface area contributed by atoms with Gasteiger partial charge in [0.25, 0.3) is 0 Å². The number of aryl methyl sites for hydroxylation is 1. The van der Waals surface area contributed by atoms with Crippen LogP contribution in [0.1, 0.15) is 19.0 Å². The summed E-state index contributed by atoms with van der Waals surface area (Å²) in [6, 6.07) is 2.38. The van der Waals surface area contributed by atoms with Crippen molar-refractivity contribution >= 4 is 45.1 Å². The van der Waals surface area contributed by atoms with Gasteiger partial charge in [0.2, 0.25) is 11.8 Å². The first-order chi connectivity index (χ1) is 11.6. The molecule has 4 heterocycles. The molecule has 0 amide bonds. The summed E-state index contributed by atoms with van der Waals surface area (Å²) in [5.74, 6) is 0.953. The van der Waals surface area contributed by atoms with Crippen LogP contribution in [0.3, 0.4) is 0 Å². The van der Waals surface area contributed by atoms with Gasteiger partial charge in [-0.25, -0.2) is 0 Å². The van der Waals surface area contributed by atoms with Crippen molar-refractivity contribution in [3.63, 3.8) is 0 Å². The van der Waals surface area contributed by atoms with Crippen LogP contribution in [0, 0.1) is 6.92 Å². The molecule has 126 valence electrons. The number of aromatic amines is 1. The first-order valence-corrected chi connectivity index (χ1v) is 8.88. The van der Waals surface area contributed by atoms with Crippen LogP contribution in [-0.4, -0.2) is 38.0 Å². The number of halogens is 1. The van der Waals surface area contributed by atoms with Crippen molar-refractivity contribution < 1.29 is 4.74 Å². The molecule has 0 saturated carbocycles. The number of hydrogen-bond donors (Lipinski definition) is 3. The topological polar surface area (TPSA) is 87.8 Å². The van der Waals surface area contributed by atoms with Gasteiger partial charge in [-0.05, 0) is 31.4 Å². The predicted molar refractivity (Wildman–Crippen MR) is 95.5 cm³/mol. The molecule has 1 fully saturated rings. The van der Waals surface area contributed by atoms with Crippen molar-refractivity contribution in [1.82, 2.24) is 24.6 Å². The number of H-pyrrole nitrogens is 1. The summed E-state index contributed by atoms with van der Waals surface area (Å²) in [4.78, 5) is 12.1. The summed E-state index contributed by atoms with van der Waals surface area (Å²) < 4.78 is 10.4. The zero-order valence-electron chi connectivity index (χ0n) is 13.3. The summed E-state index contributed by atoms with van der Waals surface area (Å²) in [5, 5.41) is 8.69. The highest BCUT2D eigenvalue weighted by Crippen LogP contribution is 2.33. The Labute approximate surface area is 148 Å². The van der Waals surface area contributed by atoms with E-state index in [1.54, 1.807) is 6.20 Å². The molecule has 4 rings (SSSR count). The van der Waals surface area contributed by atoms with Gasteiger partial charge in [-0.3, -0.25) is 0 Å². The highest BCUT2D eigenvalue weighted by molar-refractivity contribution is 7.10. The van der Waals surface area contributed by atoms with E-state index in [4.69, 9.17) is 16.3 Å². The largest absolute Gasteiger partial charge is 0.472 e. The van der Waals surface area contributed by atoms with Gasteiger partial charge < -0.3 is 20.4 Å². The van der Waals surface area contributed by atoms with E-state index in [0.29, 0.717) is 33.9 Å². The molecule has 3 aromatic rings. The Morgan fingerprint density at radius 3 is 3.00 bits per heavy atom. The predicted octanol–water partition coefficient (Wildman–Crippen LogP) is 3.25. The molecule has 0 aliphatic carbocycles. The number of hydrogen-bond acceptors (Lipinski definition) is 7. The maximum atomic E-state index is 6.27. The number of anilines is 2. The summed E-state index contributed by atoms with van der Waals surface area (Å²) in [6.07, 6.45) is 2.71. The van der Waals surface area contributed by atoms with Crippen molar-refractivity contribution in [2.45, 2.75) is 32.4 Å². The van der Waals surface area contributed by atoms with Gasteiger partial charge in [0.1, 0.15) is 16.8 Å². The Morgan fingerprint density at radius 2 is 2.29 bits per heavy atom. The van der Waals surface area contributed by atoms with Crippen LogP contribution in [0.4, 0.5) is 10.9 Å². The van der Waals surface area contributed by atoms with Crippen molar-refractivity contribution in [2.75, 3.05) is 11.9 Å². The third kappa shape index (κ3) is 3.04. The Morgan fingerprint density at radius 1 is 1.42 bits per heavy atom. The highest BCUT2D eigenvalue weighted by atomic mass is 35.5. The van der Waals surface area contributed by atoms with E-state index in [2.05, 4.69) is 36.9 Å². The SMILES string of the molecule is Cc1cc(Nc2nc(O[C@H]3CN[C@@H](C)C3)c3c(Cl)c[nH]c3n2)sn1. The zero-order chi connectivity index (χ0) is 16.7. The van der Waals surface area contributed by atoms with Gasteiger partial charge >= 0.3 is 0 Å². The van der Waals surface area contributed by atoms with E-state index in [9.17, 15) is 0 Å². The van der Waals surface area contributed by atoms with Crippen molar-refractivity contribution in [1.29, 1.82) is 0 Å². The van der Waals surface area contributed by atoms with Gasteiger partial charge in [-0.15, -0.1) is 0 Å². The molecule has 3 N–H and O–H groups in total. The number of nitrogens with one attached hydrogen (secondary N) is 3. The van der Waals surface area contributed by atoms with Crippen LogP contribution < -0.4 is 15.4 Å². The van der Waals surface area contributed by atoms with Gasteiger partial charge in [0, 0.05) is 25.2 Å². The highest BCUT2D eigenvalue weighted by Gasteiger charge is 2.25. The lowest BCUT2D eigenvalue weighted by Gasteiger charge is -2.13. The standard InChI is InChI=1S/C15H17ClN6OS/c1-7-3-9(5-17-7)23-14-12-10(16)6-18-13(12)20-15(21-14)19-11-4-8(2)22-24-11/h4,6-7,9,17H,3,5H2,1-2H3,(H2,18,19,20,21)/t7-,9+/m0/s1. The average Bonchev–Trinajstić information content (AvgIpc) is 3.22. The quantitative estimate of drug-likeness (QED) is 0.658. The monoisotopic (exact) mass is 364 g/mol. The van der Waals surface area contributed by atoms with Crippen LogP contribution in [0.25, 0.3) is 11.0 Å². The van der Waals surface area contributed by atoms with Gasteiger partial charge in [-0.2, -0.15) is 14.3 Å². The molecule has 0 radical (unpaired) electrons. The first-order valence-electron chi connectivity index (χ1n) is 7.73. The van der Waals surface area contributed by atoms with Crippen molar-refractivity contribution in [3.8, 4) is 5.88 Å². The van der Waals surface area contributed by atoms with Crippen LogP contribution in [0.15, 0.2) is 12.3 Å². The van der Waals surface area contributed by atoms with Crippen LogP contribution in [0.5, 0.6) is 5.88 Å². The Balaban J connectivity index is 1.68. The third-order valence-electron chi connectivity index (χ3n) is 3.90. The zero-order valence-corrected chi connectivity index (χ0v) is 14.8. The lowest BCUT2D eigenvalue weighted by atomic mass is 10.2. The summed E-state index contributed by atoms with van der Waals surface area (Å²) in [6.45, 7) is 4.88. The minimum atomic E-state index is 0.0718. The molecule has 1 aliphatic heterocycles. The van der Waals surface area contributed by atoms with E-state index in [1.807, 2.05) is 13.0 Å². The third-order valence-corrected chi connectivity index (χ3v) is 5.00. The molecule has 2 atom stereocenters. The van der Waals surface area contributed by atoms with Crippen molar-refractivity contribution in [3.05, 3.63) is 23.0 Å². The second kappa shape index (κ2) is 6.19. The fourth-order valence-corrected chi connectivity index (χ4v) is 3.66. The lowest BCUT2D eigenvalue weighted by molar-refractivity contribution is 0.215. The van der Waals surface area contributed by atoms with Gasteiger partial charge in [0.05, 0.1) is 16.1 Å². The van der Waals surface area contributed by atoms with Gasteiger partial charge in [0.15, 0.2) is 0 Å². The maximum absolute atomic E-state index is 6.27. The normalized spacial score (nSPS) is 20.6. The second-order valence-corrected chi connectivity index (χ2v) is 7.17. The molecule has 0 unspecified atom stereocenters. The van der Waals surface area contributed by atoms with E-state index in [0.717, 1.165) is 23.7 Å². The Hall–Kier alpha value is -1.90. The molecule has 7 nitrogen and oxygen atoms in total. The first kappa shape index (κ1) is 15.6. The Kier molecular flexibility index (Phi) is 4.03. The van der Waals surface area contributed by atoms with Crippen LogP contribution in [0.2, 0.25) is 5.02 Å². The molecule has 1 saturated heterocycles.